The molecule has 0 aromatic heterocycles. The lowest BCUT2D eigenvalue weighted by Crippen LogP contribution is -2.28. The van der Waals surface area contributed by atoms with Crippen LogP contribution < -0.4 is 11.1 Å². The van der Waals surface area contributed by atoms with Crippen LogP contribution in [0.3, 0.4) is 0 Å². The van der Waals surface area contributed by atoms with Crippen LogP contribution in [0.25, 0.3) is 0 Å². The zero-order chi connectivity index (χ0) is 18.3. The molecule has 2 aromatic rings. The first-order valence-electron chi connectivity index (χ1n) is 8.69. The average molecular weight is 467 g/mol. The Labute approximate surface area is 174 Å². The monoisotopic (exact) mass is 467 g/mol. The lowest BCUT2D eigenvalue weighted by molar-refractivity contribution is 0.185. The fourth-order valence-corrected chi connectivity index (χ4v) is 2.67. The zero-order valence-corrected chi connectivity index (χ0v) is 18.4. The quantitative estimate of drug-likeness (QED) is 0.352. The number of anilines is 1. The molecule has 0 heterocycles. The Hall–Kier alpha value is -1.60. The molecule has 0 amide bonds. The van der Waals surface area contributed by atoms with Gasteiger partial charge in [-0.2, -0.15) is 0 Å². The van der Waals surface area contributed by atoms with E-state index in [1.165, 1.54) is 11.1 Å². The minimum Gasteiger partial charge on any atom is -0.380 e. The molecule has 0 unspecified atom stereocenters. The third-order valence-electron chi connectivity index (χ3n) is 4.37. The largest absolute Gasteiger partial charge is 0.380 e. The number of hydrogen-bond donors (Lipinski definition) is 2. The first kappa shape index (κ1) is 22.4. The van der Waals surface area contributed by atoms with Gasteiger partial charge in [-0.3, -0.25) is 4.99 Å². The summed E-state index contributed by atoms with van der Waals surface area (Å²) < 4.78 is 5.22. The molecule has 2 rings (SSSR count). The first-order valence-corrected chi connectivity index (χ1v) is 8.69. The Morgan fingerprint density at radius 3 is 2.38 bits per heavy atom. The number of guanidine groups is 1. The number of nitrogens with zero attached hydrogens (tertiary/aromatic N) is 1. The number of nitrogens with one attached hydrogen (secondary N) is 1. The molecule has 0 saturated heterocycles. The summed E-state index contributed by atoms with van der Waals surface area (Å²) in [5.41, 5.74) is 10.6. The van der Waals surface area contributed by atoms with Crippen molar-refractivity contribution in [2.24, 2.45) is 10.7 Å². The van der Waals surface area contributed by atoms with Gasteiger partial charge in [0, 0.05) is 23.8 Å². The number of ether oxygens (including phenoxy) is 1. The number of aryl methyl sites for hydroxylation is 1. The van der Waals surface area contributed by atoms with Crippen molar-refractivity contribution in [1.29, 1.82) is 0 Å². The first-order chi connectivity index (χ1) is 12.0. The SMILES string of the molecule is CCc1ccc(C(C)(C)CN=C(N)Nc2ccccc2COC)cc1.I. The predicted octanol–water partition coefficient (Wildman–Crippen LogP) is 4.72. The number of aliphatic imine (C=N–C) groups is 1. The van der Waals surface area contributed by atoms with E-state index in [-0.39, 0.29) is 29.4 Å². The molecular weight excluding hydrogens is 437 g/mol. The summed E-state index contributed by atoms with van der Waals surface area (Å²) in [5, 5.41) is 3.19. The van der Waals surface area contributed by atoms with Crippen molar-refractivity contribution in [3.8, 4) is 0 Å². The van der Waals surface area contributed by atoms with E-state index in [1.54, 1.807) is 7.11 Å². The van der Waals surface area contributed by atoms with Gasteiger partial charge in [0.25, 0.3) is 0 Å². The summed E-state index contributed by atoms with van der Waals surface area (Å²) in [6.07, 6.45) is 1.05. The Morgan fingerprint density at radius 1 is 1.12 bits per heavy atom. The number of methoxy groups -OCH3 is 1. The molecule has 2 aromatic carbocycles. The van der Waals surface area contributed by atoms with Gasteiger partial charge in [0.15, 0.2) is 5.96 Å². The van der Waals surface area contributed by atoms with Crippen LogP contribution in [0, 0.1) is 0 Å². The van der Waals surface area contributed by atoms with Gasteiger partial charge in [-0.25, -0.2) is 0 Å². The van der Waals surface area contributed by atoms with Crippen LogP contribution in [0.1, 0.15) is 37.5 Å². The number of halogens is 1. The van der Waals surface area contributed by atoms with Gasteiger partial charge in [-0.15, -0.1) is 24.0 Å². The lowest BCUT2D eigenvalue weighted by atomic mass is 9.84. The molecule has 4 nitrogen and oxygen atoms in total. The van der Waals surface area contributed by atoms with Crippen molar-refractivity contribution in [2.75, 3.05) is 19.0 Å². The number of nitrogens with two attached hydrogens (primary N) is 1. The molecule has 0 fully saturated rings. The van der Waals surface area contributed by atoms with Crippen molar-refractivity contribution in [2.45, 2.75) is 39.2 Å². The summed E-state index contributed by atoms with van der Waals surface area (Å²) >= 11 is 0. The second kappa shape index (κ2) is 10.5. The molecule has 0 saturated carbocycles. The molecule has 3 N–H and O–H groups in total. The van der Waals surface area contributed by atoms with Crippen molar-refractivity contribution in [3.05, 3.63) is 65.2 Å². The summed E-state index contributed by atoms with van der Waals surface area (Å²) in [6.45, 7) is 7.68. The van der Waals surface area contributed by atoms with E-state index in [4.69, 9.17) is 10.5 Å². The van der Waals surface area contributed by atoms with E-state index in [0.29, 0.717) is 19.1 Å². The van der Waals surface area contributed by atoms with E-state index in [0.717, 1.165) is 17.7 Å². The molecule has 0 bridgehead atoms. The van der Waals surface area contributed by atoms with Crippen LogP contribution >= 0.6 is 24.0 Å². The van der Waals surface area contributed by atoms with Gasteiger partial charge >= 0.3 is 0 Å². The van der Waals surface area contributed by atoms with Crippen molar-refractivity contribution < 1.29 is 4.74 Å². The third kappa shape index (κ3) is 6.29. The van der Waals surface area contributed by atoms with Gasteiger partial charge in [-0.05, 0) is 23.6 Å². The van der Waals surface area contributed by atoms with Crippen molar-refractivity contribution in [1.82, 2.24) is 0 Å². The van der Waals surface area contributed by atoms with Crippen molar-refractivity contribution in [3.63, 3.8) is 0 Å². The van der Waals surface area contributed by atoms with Gasteiger partial charge in [0.2, 0.25) is 0 Å². The van der Waals surface area contributed by atoms with Crippen LogP contribution in [-0.2, 0) is 23.2 Å². The fourth-order valence-electron chi connectivity index (χ4n) is 2.67. The standard InChI is InChI=1S/C21H29N3O.HI/c1-5-16-10-12-18(13-11-16)21(2,3)15-23-20(22)24-19-9-7-6-8-17(19)14-25-4;/h6-13H,5,14-15H2,1-4H3,(H3,22,23,24);1H. The molecule has 0 aliphatic heterocycles. The number of benzene rings is 2. The van der Waals surface area contributed by atoms with Crippen LogP contribution in [-0.4, -0.2) is 19.6 Å². The fraction of sp³-hybridized carbons (Fsp3) is 0.381. The summed E-state index contributed by atoms with van der Waals surface area (Å²) in [7, 11) is 1.68. The number of hydrogen-bond acceptors (Lipinski definition) is 2. The van der Waals surface area contributed by atoms with E-state index < -0.39 is 0 Å². The molecule has 5 heteroatoms. The maximum absolute atomic E-state index is 6.10. The molecule has 0 atom stereocenters. The van der Waals surface area contributed by atoms with Crippen LogP contribution in [0.4, 0.5) is 5.69 Å². The highest BCUT2D eigenvalue weighted by atomic mass is 127. The predicted molar refractivity (Wildman–Crippen MR) is 122 cm³/mol. The minimum absolute atomic E-state index is 0. The Balaban J connectivity index is 0.00000338. The number of rotatable bonds is 7. The third-order valence-corrected chi connectivity index (χ3v) is 4.37. The highest BCUT2D eigenvalue weighted by molar-refractivity contribution is 14.0. The Morgan fingerprint density at radius 2 is 1.77 bits per heavy atom. The van der Waals surface area contributed by atoms with Crippen LogP contribution in [0.15, 0.2) is 53.5 Å². The highest BCUT2D eigenvalue weighted by Crippen LogP contribution is 2.24. The maximum atomic E-state index is 6.10. The molecule has 26 heavy (non-hydrogen) atoms. The Bertz CT molecular complexity index is 711. The normalized spacial score (nSPS) is 11.8. The lowest BCUT2D eigenvalue weighted by Gasteiger charge is -2.23. The van der Waals surface area contributed by atoms with E-state index >= 15 is 0 Å². The van der Waals surface area contributed by atoms with Gasteiger partial charge in [0.05, 0.1) is 13.2 Å². The molecule has 0 radical (unpaired) electrons. The molecule has 0 spiro atoms. The molecule has 0 aliphatic rings. The van der Waals surface area contributed by atoms with Gasteiger partial charge in [0.1, 0.15) is 0 Å². The van der Waals surface area contributed by atoms with Crippen molar-refractivity contribution >= 4 is 35.6 Å². The van der Waals surface area contributed by atoms with Gasteiger partial charge < -0.3 is 15.8 Å². The van der Waals surface area contributed by atoms with Crippen LogP contribution in [0.5, 0.6) is 0 Å². The van der Waals surface area contributed by atoms with E-state index in [1.807, 2.05) is 24.3 Å². The highest BCUT2D eigenvalue weighted by Gasteiger charge is 2.20. The second-order valence-corrected chi connectivity index (χ2v) is 6.85. The molecular formula is C21H30IN3O. The summed E-state index contributed by atoms with van der Waals surface area (Å²) in [5.74, 6) is 0.418. The second-order valence-electron chi connectivity index (χ2n) is 6.85. The van der Waals surface area contributed by atoms with E-state index in [9.17, 15) is 0 Å². The van der Waals surface area contributed by atoms with Gasteiger partial charge in [-0.1, -0.05) is 63.2 Å². The number of para-hydroxylation sites is 1. The topological polar surface area (TPSA) is 59.6 Å². The summed E-state index contributed by atoms with van der Waals surface area (Å²) in [4.78, 5) is 4.55. The van der Waals surface area contributed by atoms with Crippen LogP contribution in [0.2, 0.25) is 0 Å². The molecule has 0 aliphatic carbocycles. The molecule has 142 valence electrons. The summed E-state index contributed by atoms with van der Waals surface area (Å²) in [6, 6.07) is 16.7. The zero-order valence-electron chi connectivity index (χ0n) is 16.1. The Kier molecular flexibility index (Phi) is 9.08. The smallest absolute Gasteiger partial charge is 0.193 e. The minimum atomic E-state index is -0.0788. The maximum Gasteiger partial charge on any atom is 0.193 e. The van der Waals surface area contributed by atoms with E-state index in [2.05, 4.69) is 55.3 Å². The average Bonchev–Trinajstić information content (AvgIpc) is 2.62.